The number of amides is 2. The van der Waals surface area contributed by atoms with Gasteiger partial charge in [-0.25, -0.2) is 4.79 Å². The number of hydrogen-bond donors (Lipinski definition) is 6. The Balaban J connectivity index is 2.93. The molecule has 0 bridgehead atoms. The molecule has 6 N–H and O–H groups in total. The molecule has 3 atom stereocenters. The first-order valence-corrected chi connectivity index (χ1v) is 9.25. The molecule has 8 nitrogen and oxygen atoms in total. The van der Waals surface area contributed by atoms with Crippen LogP contribution in [0.3, 0.4) is 0 Å². The number of nitrogens with two attached hydrogens (primary N) is 1. The maximum atomic E-state index is 12.6. The highest BCUT2D eigenvalue weighted by Crippen LogP contribution is 2.12. The average Bonchev–Trinajstić information content (AvgIpc) is 2.59. The van der Waals surface area contributed by atoms with Crippen LogP contribution in [-0.4, -0.2) is 51.9 Å². The lowest BCUT2D eigenvalue weighted by molar-refractivity contribution is -0.141. The zero-order valence-electron chi connectivity index (χ0n) is 15.4. The van der Waals surface area contributed by atoms with E-state index >= 15 is 0 Å². The molecular formula is C18H27N3O5S. The number of aliphatic carboxylic acids is 1. The highest BCUT2D eigenvalue weighted by Gasteiger charge is 2.27. The van der Waals surface area contributed by atoms with Gasteiger partial charge in [0.15, 0.2) is 0 Å². The minimum absolute atomic E-state index is 0.0729. The summed E-state index contributed by atoms with van der Waals surface area (Å²) in [6.45, 7) is 3.86. The van der Waals surface area contributed by atoms with Crippen LogP contribution >= 0.6 is 12.6 Å². The molecule has 1 rings (SSSR count). The number of phenolic OH excluding ortho intramolecular Hbond substituents is 1. The third-order valence-corrected chi connectivity index (χ3v) is 4.23. The zero-order chi connectivity index (χ0) is 20.6. The van der Waals surface area contributed by atoms with Crippen LogP contribution in [0.15, 0.2) is 24.3 Å². The first-order chi connectivity index (χ1) is 12.6. The van der Waals surface area contributed by atoms with Crippen molar-refractivity contribution in [3.63, 3.8) is 0 Å². The van der Waals surface area contributed by atoms with E-state index in [2.05, 4.69) is 23.3 Å². The summed E-state index contributed by atoms with van der Waals surface area (Å²) in [4.78, 5) is 36.0. The second kappa shape index (κ2) is 10.8. The average molecular weight is 397 g/mol. The van der Waals surface area contributed by atoms with Crippen LogP contribution in [0.2, 0.25) is 0 Å². The SMILES string of the molecule is CC(C)C[C@H](N)C(=O)N[C@@H](Cc1ccc(O)cc1)C(=O)N[C@@H](CS)C(=O)O. The Bertz CT molecular complexity index is 651. The zero-order valence-corrected chi connectivity index (χ0v) is 16.3. The fourth-order valence-electron chi connectivity index (χ4n) is 2.43. The van der Waals surface area contributed by atoms with E-state index in [1.807, 2.05) is 13.8 Å². The molecule has 150 valence electrons. The predicted molar refractivity (Wildman–Crippen MR) is 105 cm³/mol. The number of nitrogens with one attached hydrogen (secondary N) is 2. The molecule has 0 aliphatic heterocycles. The van der Waals surface area contributed by atoms with Gasteiger partial charge in [-0.2, -0.15) is 12.6 Å². The summed E-state index contributed by atoms with van der Waals surface area (Å²) in [5, 5.41) is 23.4. The van der Waals surface area contributed by atoms with E-state index in [1.165, 1.54) is 12.1 Å². The molecule has 0 fully saturated rings. The molecule has 0 aliphatic carbocycles. The van der Waals surface area contributed by atoms with E-state index in [1.54, 1.807) is 12.1 Å². The van der Waals surface area contributed by atoms with Crippen LogP contribution in [0, 0.1) is 5.92 Å². The van der Waals surface area contributed by atoms with Crippen LogP contribution in [-0.2, 0) is 20.8 Å². The quantitative estimate of drug-likeness (QED) is 0.314. The second-order valence-electron chi connectivity index (χ2n) is 6.75. The Morgan fingerprint density at radius 3 is 2.11 bits per heavy atom. The summed E-state index contributed by atoms with van der Waals surface area (Å²) < 4.78 is 0. The van der Waals surface area contributed by atoms with Crippen molar-refractivity contribution < 1.29 is 24.6 Å². The lowest BCUT2D eigenvalue weighted by Gasteiger charge is -2.23. The molecule has 0 spiro atoms. The number of phenols is 1. The van der Waals surface area contributed by atoms with Gasteiger partial charge in [0.25, 0.3) is 0 Å². The summed E-state index contributed by atoms with van der Waals surface area (Å²) in [7, 11) is 0. The first kappa shape index (κ1) is 22.8. The number of aromatic hydroxyl groups is 1. The third kappa shape index (κ3) is 7.88. The van der Waals surface area contributed by atoms with Crippen molar-refractivity contribution in [3.8, 4) is 5.75 Å². The van der Waals surface area contributed by atoms with E-state index in [0.29, 0.717) is 12.0 Å². The van der Waals surface area contributed by atoms with Crippen molar-refractivity contribution in [1.82, 2.24) is 10.6 Å². The summed E-state index contributed by atoms with van der Waals surface area (Å²) in [5.74, 6) is -2.16. The minimum atomic E-state index is -1.22. The molecular weight excluding hydrogens is 370 g/mol. The van der Waals surface area contributed by atoms with Gasteiger partial charge in [-0.05, 0) is 30.0 Å². The van der Waals surface area contributed by atoms with Crippen molar-refractivity contribution in [2.24, 2.45) is 11.7 Å². The highest BCUT2D eigenvalue weighted by molar-refractivity contribution is 7.80. The normalized spacial score (nSPS) is 14.3. The Labute approximate surface area is 163 Å². The number of hydrogen-bond acceptors (Lipinski definition) is 6. The molecule has 0 saturated heterocycles. The van der Waals surface area contributed by atoms with E-state index in [-0.39, 0.29) is 23.8 Å². The molecule has 0 aliphatic rings. The topological polar surface area (TPSA) is 142 Å². The lowest BCUT2D eigenvalue weighted by Crippen LogP contribution is -2.55. The van der Waals surface area contributed by atoms with Crippen molar-refractivity contribution in [2.75, 3.05) is 5.75 Å². The van der Waals surface area contributed by atoms with Crippen molar-refractivity contribution in [1.29, 1.82) is 0 Å². The number of rotatable bonds is 10. The Morgan fingerprint density at radius 1 is 1.07 bits per heavy atom. The van der Waals surface area contributed by atoms with Crippen molar-refractivity contribution in [3.05, 3.63) is 29.8 Å². The van der Waals surface area contributed by atoms with Gasteiger partial charge in [0, 0.05) is 12.2 Å². The number of carboxylic acid groups (broad SMARTS) is 1. The second-order valence-corrected chi connectivity index (χ2v) is 7.11. The van der Waals surface area contributed by atoms with Crippen molar-refractivity contribution in [2.45, 2.75) is 44.8 Å². The van der Waals surface area contributed by atoms with E-state index < -0.39 is 35.9 Å². The highest BCUT2D eigenvalue weighted by atomic mass is 32.1. The number of thiol groups is 1. The molecule has 0 aromatic heterocycles. The Kier molecular flexibility index (Phi) is 9.10. The van der Waals surface area contributed by atoms with Crippen LogP contribution in [0.1, 0.15) is 25.8 Å². The van der Waals surface area contributed by atoms with E-state index in [0.717, 1.165) is 0 Å². The van der Waals surface area contributed by atoms with Gasteiger partial charge in [0.05, 0.1) is 6.04 Å². The van der Waals surface area contributed by atoms with Gasteiger partial charge < -0.3 is 26.6 Å². The summed E-state index contributed by atoms with van der Waals surface area (Å²) in [5.41, 5.74) is 6.56. The lowest BCUT2D eigenvalue weighted by atomic mass is 10.0. The molecule has 2 amide bonds. The molecule has 1 aromatic rings. The van der Waals surface area contributed by atoms with E-state index in [9.17, 15) is 19.5 Å². The molecule has 27 heavy (non-hydrogen) atoms. The number of benzene rings is 1. The van der Waals surface area contributed by atoms with Gasteiger partial charge in [-0.1, -0.05) is 26.0 Å². The van der Waals surface area contributed by atoms with Crippen molar-refractivity contribution >= 4 is 30.4 Å². The smallest absolute Gasteiger partial charge is 0.327 e. The summed E-state index contributed by atoms with van der Waals surface area (Å²) in [6, 6.07) is 3.19. The Morgan fingerprint density at radius 2 is 1.63 bits per heavy atom. The summed E-state index contributed by atoms with van der Waals surface area (Å²) >= 11 is 3.92. The van der Waals surface area contributed by atoms with E-state index in [4.69, 9.17) is 10.8 Å². The number of carbonyl (C=O) groups excluding carboxylic acids is 2. The van der Waals surface area contributed by atoms with Crippen LogP contribution in [0.5, 0.6) is 5.75 Å². The molecule has 0 heterocycles. The first-order valence-electron chi connectivity index (χ1n) is 8.62. The monoisotopic (exact) mass is 397 g/mol. The molecule has 0 unspecified atom stereocenters. The predicted octanol–water partition coefficient (Wildman–Crippen LogP) is 0.292. The molecule has 1 aromatic carbocycles. The molecule has 0 radical (unpaired) electrons. The standard InChI is InChI=1S/C18H27N3O5S/c1-10(2)7-13(19)16(23)20-14(8-11-3-5-12(22)6-4-11)17(24)21-15(9-27)18(25)26/h3-6,10,13-15,22,27H,7-9,19H2,1-2H3,(H,20,23)(H,21,24)(H,25,26)/t13-,14-,15-/m0/s1. The molecule has 9 heteroatoms. The third-order valence-electron chi connectivity index (χ3n) is 3.87. The van der Waals surface area contributed by atoms with Gasteiger partial charge in [-0.15, -0.1) is 0 Å². The van der Waals surface area contributed by atoms with Gasteiger partial charge in [-0.3, -0.25) is 9.59 Å². The molecule has 0 saturated carbocycles. The maximum Gasteiger partial charge on any atom is 0.327 e. The fourth-order valence-corrected chi connectivity index (χ4v) is 2.68. The number of carbonyl (C=O) groups is 3. The number of carboxylic acids is 1. The van der Waals surface area contributed by atoms with Crippen LogP contribution < -0.4 is 16.4 Å². The maximum absolute atomic E-state index is 12.6. The van der Waals surface area contributed by atoms with Gasteiger partial charge >= 0.3 is 5.97 Å². The Hall–Kier alpha value is -2.26. The summed E-state index contributed by atoms with van der Waals surface area (Å²) in [6.07, 6.45) is 0.568. The largest absolute Gasteiger partial charge is 0.508 e. The van der Waals surface area contributed by atoms with Crippen LogP contribution in [0.25, 0.3) is 0 Å². The van der Waals surface area contributed by atoms with Gasteiger partial charge in [0.1, 0.15) is 17.8 Å². The van der Waals surface area contributed by atoms with Crippen LogP contribution in [0.4, 0.5) is 0 Å². The van der Waals surface area contributed by atoms with Gasteiger partial charge in [0.2, 0.25) is 11.8 Å². The minimum Gasteiger partial charge on any atom is -0.508 e. The fraction of sp³-hybridized carbons (Fsp3) is 0.500.